The van der Waals surface area contributed by atoms with Gasteiger partial charge < -0.3 is 10.2 Å². The van der Waals surface area contributed by atoms with E-state index in [0.717, 1.165) is 35.0 Å². The lowest BCUT2D eigenvalue weighted by Crippen LogP contribution is -2.26. The number of nitrogens with zero attached hydrogens (tertiary/aromatic N) is 3. The van der Waals surface area contributed by atoms with Gasteiger partial charge in [-0.2, -0.15) is 0 Å². The van der Waals surface area contributed by atoms with Crippen LogP contribution in [0.5, 0.6) is 0 Å². The minimum atomic E-state index is -0.157. The third-order valence-corrected chi connectivity index (χ3v) is 5.70. The molecule has 2 aromatic heterocycles. The number of benzene rings is 1. The van der Waals surface area contributed by atoms with E-state index in [0.29, 0.717) is 5.69 Å². The van der Waals surface area contributed by atoms with Gasteiger partial charge in [-0.1, -0.05) is 30.3 Å². The first-order valence-corrected chi connectivity index (χ1v) is 10.1. The Hall–Kier alpha value is -2.73. The van der Waals surface area contributed by atoms with E-state index >= 15 is 0 Å². The van der Waals surface area contributed by atoms with Crippen LogP contribution in [-0.4, -0.2) is 29.0 Å². The van der Waals surface area contributed by atoms with E-state index in [1.807, 2.05) is 55.6 Å². The average molecular weight is 379 g/mol. The summed E-state index contributed by atoms with van der Waals surface area (Å²) in [6.07, 6.45) is 4.31. The molecule has 1 aliphatic rings. The van der Waals surface area contributed by atoms with Crippen LogP contribution in [0.25, 0.3) is 10.6 Å². The summed E-state index contributed by atoms with van der Waals surface area (Å²) in [6, 6.07) is 13.9. The highest BCUT2D eigenvalue weighted by Crippen LogP contribution is 2.26. The Morgan fingerprint density at radius 1 is 1.15 bits per heavy atom. The molecule has 0 bridgehead atoms. The van der Waals surface area contributed by atoms with Crippen molar-refractivity contribution >= 4 is 23.1 Å². The molecule has 1 amide bonds. The molecular weight excluding hydrogens is 356 g/mol. The maximum absolute atomic E-state index is 12.5. The minimum absolute atomic E-state index is 0.0646. The second kappa shape index (κ2) is 7.88. The number of nitrogens with one attached hydrogen (secondary N) is 1. The molecule has 0 saturated carbocycles. The lowest BCUT2D eigenvalue weighted by atomic mass is 10.1. The molecule has 3 heterocycles. The number of hydrogen-bond acceptors (Lipinski definition) is 5. The van der Waals surface area contributed by atoms with Crippen LogP contribution >= 0.6 is 11.3 Å². The highest BCUT2D eigenvalue weighted by atomic mass is 32.1. The summed E-state index contributed by atoms with van der Waals surface area (Å²) in [5.74, 6) is 0.859. The Morgan fingerprint density at radius 3 is 2.63 bits per heavy atom. The van der Waals surface area contributed by atoms with Gasteiger partial charge in [0, 0.05) is 30.2 Å². The number of rotatable bonds is 5. The Morgan fingerprint density at radius 2 is 1.93 bits per heavy atom. The number of carbonyl (C=O) groups excluding carboxylic acids is 1. The summed E-state index contributed by atoms with van der Waals surface area (Å²) < 4.78 is 0. The van der Waals surface area contributed by atoms with Gasteiger partial charge in [0.2, 0.25) is 0 Å². The Kier molecular flexibility index (Phi) is 5.16. The number of carbonyl (C=O) groups is 1. The summed E-state index contributed by atoms with van der Waals surface area (Å²) in [4.78, 5) is 23.9. The molecular formula is C21H22N4OS. The highest BCUT2D eigenvalue weighted by molar-refractivity contribution is 7.13. The zero-order valence-electron chi connectivity index (χ0n) is 15.3. The van der Waals surface area contributed by atoms with E-state index in [-0.39, 0.29) is 11.9 Å². The summed E-state index contributed by atoms with van der Waals surface area (Å²) in [7, 11) is 0. The van der Waals surface area contributed by atoms with Gasteiger partial charge in [0.15, 0.2) is 0 Å². The second-order valence-corrected chi connectivity index (χ2v) is 7.60. The van der Waals surface area contributed by atoms with Gasteiger partial charge in [0.1, 0.15) is 16.5 Å². The van der Waals surface area contributed by atoms with Gasteiger partial charge >= 0.3 is 0 Å². The fourth-order valence-corrected chi connectivity index (χ4v) is 4.04. The summed E-state index contributed by atoms with van der Waals surface area (Å²) >= 11 is 1.47. The van der Waals surface area contributed by atoms with Crippen molar-refractivity contribution in [3.05, 3.63) is 65.3 Å². The van der Waals surface area contributed by atoms with Crippen LogP contribution in [0.15, 0.2) is 54.0 Å². The summed E-state index contributed by atoms with van der Waals surface area (Å²) in [5, 5.41) is 5.62. The molecule has 1 aliphatic heterocycles. The van der Waals surface area contributed by atoms with Crippen molar-refractivity contribution in [1.29, 1.82) is 0 Å². The van der Waals surface area contributed by atoms with E-state index in [2.05, 4.69) is 20.2 Å². The molecule has 3 aromatic rings. The van der Waals surface area contributed by atoms with Gasteiger partial charge in [0.25, 0.3) is 5.91 Å². The van der Waals surface area contributed by atoms with E-state index in [9.17, 15) is 4.79 Å². The first-order valence-electron chi connectivity index (χ1n) is 9.23. The van der Waals surface area contributed by atoms with Gasteiger partial charge in [-0.3, -0.25) is 4.79 Å². The monoisotopic (exact) mass is 378 g/mol. The van der Waals surface area contributed by atoms with Crippen LogP contribution in [0.3, 0.4) is 0 Å². The number of amides is 1. The standard InChI is InChI=1S/C21H22N4OS/c1-15(16-7-3-2-4-8-16)23-20(26)18-14-27-21(24-18)17-9-10-19(22-13-17)25-11-5-6-12-25/h2-4,7-10,13-15H,5-6,11-12H2,1H3,(H,23,26)/t15-/m0/s1. The van der Waals surface area contributed by atoms with Gasteiger partial charge in [-0.05, 0) is 37.5 Å². The molecule has 6 heteroatoms. The average Bonchev–Trinajstić information content (AvgIpc) is 3.41. The molecule has 4 rings (SSSR count). The third kappa shape index (κ3) is 4.01. The summed E-state index contributed by atoms with van der Waals surface area (Å²) in [6.45, 7) is 4.13. The maximum Gasteiger partial charge on any atom is 0.271 e. The van der Waals surface area contributed by atoms with Crippen LogP contribution in [0.4, 0.5) is 5.82 Å². The predicted octanol–water partition coefficient (Wildman–Crippen LogP) is 4.30. The summed E-state index contributed by atoms with van der Waals surface area (Å²) in [5.41, 5.74) is 2.46. The lowest BCUT2D eigenvalue weighted by molar-refractivity contribution is 0.0935. The van der Waals surface area contributed by atoms with Gasteiger partial charge in [-0.25, -0.2) is 9.97 Å². The number of aromatic nitrogens is 2. The number of anilines is 1. The molecule has 1 fully saturated rings. The number of pyridine rings is 1. The van der Waals surface area contributed by atoms with Crippen molar-refractivity contribution in [3.63, 3.8) is 0 Å². The first kappa shape index (κ1) is 17.7. The Balaban J connectivity index is 1.44. The normalized spacial score (nSPS) is 14.9. The fourth-order valence-electron chi connectivity index (χ4n) is 3.25. The molecule has 0 aliphatic carbocycles. The quantitative estimate of drug-likeness (QED) is 0.719. The first-order chi connectivity index (χ1) is 13.2. The molecule has 5 nitrogen and oxygen atoms in total. The molecule has 1 atom stereocenters. The van der Waals surface area contributed by atoms with Crippen LogP contribution < -0.4 is 10.2 Å². The Labute approximate surface area is 163 Å². The molecule has 1 aromatic carbocycles. The van der Waals surface area contributed by atoms with Crippen molar-refractivity contribution in [2.75, 3.05) is 18.0 Å². The Bertz CT molecular complexity index is 901. The molecule has 0 radical (unpaired) electrons. The van der Waals surface area contributed by atoms with Crippen molar-refractivity contribution in [2.24, 2.45) is 0 Å². The molecule has 0 spiro atoms. The zero-order valence-corrected chi connectivity index (χ0v) is 16.1. The minimum Gasteiger partial charge on any atom is -0.357 e. The molecule has 27 heavy (non-hydrogen) atoms. The molecule has 138 valence electrons. The van der Waals surface area contributed by atoms with E-state index in [1.54, 1.807) is 5.38 Å². The van der Waals surface area contributed by atoms with Crippen molar-refractivity contribution in [2.45, 2.75) is 25.8 Å². The van der Waals surface area contributed by atoms with Gasteiger partial charge in [-0.15, -0.1) is 11.3 Å². The van der Waals surface area contributed by atoms with Crippen LogP contribution in [0.1, 0.15) is 41.9 Å². The van der Waals surface area contributed by atoms with Gasteiger partial charge in [0.05, 0.1) is 6.04 Å². The van der Waals surface area contributed by atoms with Crippen molar-refractivity contribution in [1.82, 2.24) is 15.3 Å². The van der Waals surface area contributed by atoms with Crippen molar-refractivity contribution in [3.8, 4) is 10.6 Å². The number of hydrogen-bond donors (Lipinski definition) is 1. The highest BCUT2D eigenvalue weighted by Gasteiger charge is 2.16. The van der Waals surface area contributed by atoms with E-state index in [4.69, 9.17) is 0 Å². The van der Waals surface area contributed by atoms with Crippen LogP contribution in [-0.2, 0) is 0 Å². The van der Waals surface area contributed by atoms with Crippen LogP contribution in [0, 0.1) is 0 Å². The van der Waals surface area contributed by atoms with Crippen molar-refractivity contribution < 1.29 is 4.79 Å². The topological polar surface area (TPSA) is 58.1 Å². The lowest BCUT2D eigenvalue weighted by Gasteiger charge is -2.15. The second-order valence-electron chi connectivity index (χ2n) is 6.74. The van der Waals surface area contributed by atoms with E-state index < -0.39 is 0 Å². The third-order valence-electron chi connectivity index (χ3n) is 4.81. The molecule has 0 unspecified atom stereocenters. The smallest absolute Gasteiger partial charge is 0.271 e. The van der Waals surface area contributed by atoms with E-state index in [1.165, 1.54) is 24.2 Å². The predicted molar refractivity (Wildman–Crippen MR) is 109 cm³/mol. The number of thiazole rings is 1. The molecule has 1 N–H and O–H groups in total. The zero-order chi connectivity index (χ0) is 18.6. The largest absolute Gasteiger partial charge is 0.357 e. The SMILES string of the molecule is C[C@H](NC(=O)c1csc(-c2ccc(N3CCCC3)nc2)n1)c1ccccc1. The fraction of sp³-hybridized carbons (Fsp3) is 0.286. The maximum atomic E-state index is 12.5. The molecule has 1 saturated heterocycles. The van der Waals surface area contributed by atoms with Crippen LogP contribution in [0.2, 0.25) is 0 Å².